The first kappa shape index (κ1) is 18.2. The van der Waals surface area contributed by atoms with Crippen LogP contribution in [0.25, 0.3) is 5.76 Å². The normalized spacial score (nSPS) is 19.5. The Labute approximate surface area is 156 Å². The second kappa shape index (κ2) is 7.35. The van der Waals surface area contributed by atoms with E-state index in [0.29, 0.717) is 29.4 Å². The number of carbonyl (C=O) groups is 2. The molecule has 1 amide bonds. The Balaban J connectivity index is 2.09. The SMILES string of the molecule is CN(C)CCN1C(=O)C(=O)/C(=C(\O)c2ccc(Cl)cc2)C1c1ccco1. The molecule has 2 heterocycles. The fourth-order valence-electron chi connectivity index (χ4n) is 2.92. The molecule has 1 aliphatic heterocycles. The Kier molecular flexibility index (Phi) is 5.15. The summed E-state index contributed by atoms with van der Waals surface area (Å²) < 4.78 is 5.46. The smallest absolute Gasteiger partial charge is 0.295 e. The molecule has 26 heavy (non-hydrogen) atoms. The van der Waals surface area contributed by atoms with Gasteiger partial charge in [-0.25, -0.2) is 0 Å². The van der Waals surface area contributed by atoms with Crippen LogP contribution in [0.5, 0.6) is 0 Å². The lowest BCUT2D eigenvalue weighted by Crippen LogP contribution is -2.35. The molecule has 1 aromatic carbocycles. The van der Waals surface area contributed by atoms with Crippen LogP contribution in [0.2, 0.25) is 5.02 Å². The molecule has 1 fully saturated rings. The predicted octanol–water partition coefficient (Wildman–Crippen LogP) is 2.92. The van der Waals surface area contributed by atoms with E-state index in [0.717, 1.165) is 0 Å². The number of benzene rings is 1. The van der Waals surface area contributed by atoms with Crippen LogP contribution in [0.1, 0.15) is 17.4 Å². The molecule has 0 saturated carbocycles. The highest BCUT2D eigenvalue weighted by Gasteiger charge is 2.47. The zero-order valence-electron chi connectivity index (χ0n) is 14.5. The van der Waals surface area contributed by atoms with Crippen LogP contribution in [0.15, 0.2) is 52.7 Å². The number of likely N-dealkylation sites (N-methyl/N-ethyl adjacent to an activating group) is 1. The topological polar surface area (TPSA) is 74.0 Å². The Morgan fingerprint density at radius 3 is 2.50 bits per heavy atom. The van der Waals surface area contributed by atoms with E-state index in [2.05, 4.69) is 0 Å². The fourth-order valence-corrected chi connectivity index (χ4v) is 3.05. The van der Waals surface area contributed by atoms with E-state index >= 15 is 0 Å². The summed E-state index contributed by atoms with van der Waals surface area (Å²) in [6.45, 7) is 0.908. The number of amides is 1. The maximum absolute atomic E-state index is 12.7. The first-order valence-electron chi connectivity index (χ1n) is 8.12. The van der Waals surface area contributed by atoms with Crippen molar-refractivity contribution in [3.63, 3.8) is 0 Å². The number of Topliss-reactive ketones (excluding diaryl/α,β-unsaturated/α-hetero) is 1. The van der Waals surface area contributed by atoms with E-state index in [4.69, 9.17) is 16.0 Å². The van der Waals surface area contributed by atoms with Gasteiger partial charge in [0.2, 0.25) is 0 Å². The third-order valence-electron chi connectivity index (χ3n) is 4.26. The highest BCUT2D eigenvalue weighted by atomic mass is 35.5. The van der Waals surface area contributed by atoms with Crippen LogP contribution in [0.3, 0.4) is 0 Å². The number of nitrogens with zero attached hydrogens (tertiary/aromatic N) is 2. The van der Waals surface area contributed by atoms with Crippen LogP contribution in [0, 0.1) is 0 Å². The molecule has 0 bridgehead atoms. The molecule has 6 nitrogen and oxygen atoms in total. The Hall–Kier alpha value is -2.57. The summed E-state index contributed by atoms with van der Waals surface area (Å²) in [7, 11) is 3.76. The number of aliphatic hydroxyl groups excluding tert-OH is 1. The molecule has 0 spiro atoms. The van der Waals surface area contributed by atoms with Gasteiger partial charge in [0.25, 0.3) is 11.7 Å². The van der Waals surface area contributed by atoms with Crippen molar-refractivity contribution in [1.29, 1.82) is 0 Å². The lowest BCUT2D eigenvalue weighted by Gasteiger charge is -2.24. The first-order chi connectivity index (χ1) is 12.4. The summed E-state index contributed by atoms with van der Waals surface area (Å²) in [5, 5.41) is 11.3. The number of ketones is 1. The average molecular weight is 375 g/mol. The second-order valence-corrected chi connectivity index (χ2v) is 6.75. The second-order valence-electron chi connectivity index (χ2n) is 6.32. The van der Waals surface area contributed by atoms with E-state index in [-0.39, 0.29) is 11.3 Å². The third-order valence-corrected chi connectivity index (χ3v) is 4.51. The van der Waals surface area contributed by atoms with Gasteiger partial charge in [0.15, 0.2) is 0 Å². The van der Waals surface area contributed by atoms with Crippen LogP contribution in [-0.2, 0) is 9.59 Å². The van der Waals surface area contributed by atoms with Gasteiger partial charge in [0, 0.05) is 23.7 Å². The minimum Gasteiger partial charge on any atom is -0.507 e. The van der Waals surface area contributed by atoms with Crippen molar-refractivity contribution in [3.05, 3.63) is 64.6 Å². The summed E-state index contributed by atoms with van der Waals surface area (Å²) in [6, 6.07) is 9.04. The third kappa shape index (κ3) is 3.38. The molecule has 1 aliphatic rings. The van der Waals surface area contributed by atoms with Gasteiger partial charge in [-0.05, 0) is 50.5 Å². The van der Waals surface area contributed by atoms with Gasteiger partial charge in [0.1, 0.15) is 17.6 Å². The van der Waals surface area contributed by atoms with Crippen molar-refractivity contribution < 1.29 is 19.1 Å². The minimum atomic E-state index is -0.763. The molecular weight excluding hydrogens is 356 g/mol. The molecule has 1 saturated heterocycles. The number of carbonyl (C=O) groups excluding carboxylic acids is 2. The highest BCUT2D eigenvalue weighted by molar-refractivity contribution is 6.46. The molecule has 0 radical (unpaired) electrons. The van der Waals surface area contributed by atoms with Gasteiger partial charge in [-0.2, -0.15) is 0 Å². The molecular formula is C19H19ClN2O4. The van der Waals surface area contributed by atoms with E-state index < -0.39 is 17.7 Å². The zero-order valence-corrected chi connectivity index (χ0v) is 15.2. The monoisotopic (exact) mass is 374 g/mol. The molecule has 7 heteroatoms. The number of hydrogen-bond donors (Lipinski definition) is 1. The molecule has 3 rings (SSSR count). The van der Waals surface area contributed by atoms with Crippen LogP contribution in [0.4, 0.5) is 0 Å². The summed E-state index contributed by atoms with van der Waals surface area (Å²) >= 11 is 5.89. The Bertz CT molecular complexity index is 841. The largest absolute Gasteiger partial charge is 0.507 e. The lowest BCUT2D eigenvalue weighted by atomic mass is 9.99. The van der Waals surface area contributed by atoms with Crippen LogP contribution >= 0.6 is 11.6 Å². The van der Waals surface area contributed by atoms with E-state index in [1.54, 1.807) is 36.4 Å². The van der Waals surface area contributed by atoms with Gasteiger partial charge in [-0.15, -0.1) is 0 Å². The van der Waals surface area contributed by atoms with E-state index in [9.17, 15) is 14.7 Å². The molecule has 0 aliphatic carbocycles. The van der Waals surface area contributed by atoms with Crippen molar-refractivity contribution in [1.82, 2.24) is 9.80 Å². The number of aliphatic hydroxyl groups is 1. The summed E-state index contributed by atoms with van der Waals surface area (Å²) in [5.41, 5.74) is 0.433. The average Bonchev–Trinajstić information content (AvgIpc) is 3.21. The predicted molar refractivity (Wildman–Crippen MR) is 97.7 cm³/mol. The number of likely N-dealkylation sites (tertiary alicyclic amines) is 1. The highest BCUT2D eigenvalue weighted by Crippen LogP contribution is 2.39. The molecule has 2 aromatic rings. The van der Waals surface area contributed by atoms with Crippen LogP contribution in [-0.4, -0.2) is 53.8 Å². The summed E-state index contributed by atoms with van der Waals surface area (Å²) in [6.07, 6.45) is 1.48. The molecule has 1 atom stereocenters. The summed E-state index contributed by atoms with van der Waals surface area (Å²) in [4.78, 5) is 28.6. The van der Waals surface area contributed by atoms with Gasteiger partial charge >= 0.3 is 0 Å². The Morgan fingerprint density at radius 1 is 1.23 bits per heavy atom. The van der Waals surface area contributed by atoms with Gasteiger partial charge in [0.05, 0.1) is 11.8 Å². The quantitative estimate of drug-likeness (QED) is 0.495. The van der Waals surface area contributed by atoms with E-state index in [1.807, 2.05) is 19.0 Å². The Morgan fingerprint density at radius 2 is 1.92 bits per heavy atom. The zero-order chi connectivity index (χ0) is 18.8. The number of halogens is 1. The van der Waals surface area contributed by atoms with Crippen molar-refractivity contribution >= 4 is 29.1 Å². The fraction of sp³-hybridized carbons (Fsp3) is 0.263. The van der Waals surface area contributed by atoms with Crippen LogP contribution < -0.4 is 0 Å². The summed E-state index contributed by atoms with van der Waals surface area (Å²) in [5.74, 6) is -1.19. The molecule has 1 N–H and O–H groups in total. The molecule has 1 aromatic heterocycles. The maximum Gasteiger partial charge on any atom is 0.295 e. The van der Waals surface area contributed by atoms with Crippen molar-refractivity contribution in [2.24, 2.45) is 0 Å². The van der Waals surface area contributed by atoms with Gasteiger partial charge in [-0.1, -0.05) is 11.6 Å². The van der Waals surface area contributed by atoms with Crippen molar-refractivity contribution in [3.8, 4) is 0 Å². The standard InChI is InChI=1S/C19H19ClN2O4/c1-21(2)9-10-22-16(14-4-3-11-26-14)15(18(24)19(22)25)17(23)12-5-7-13(20)8-6-12/h3-8,11,16,23H,9-10H2,1-2H3/b17-15-. The van der Waals surface area contributed by atoms with Gasteiger partial charge < -0.3 is 19.3 Å². The van der Waals surface area contributed by atoms with Crippen molar-refractivity contribution in [2.75, 3.05) is 27.2 Å². The van der Waals surface area contributed by atoms with E-state index in [1.165, 1.54) is 11.2 Å². The maximum atomic E-state index is 12.7. The van der Waals surface area contributed by atoms with Gasteiger partial charge in [-0.3, -0.25) is 9.59 Å². The number of furan rings is 1. The number of rotatable bonds is 5. The minimum absolute atomic E-state index is 0.0195. The molecule has 136 valence electrons. The van der Waals surface area contributed by atoms with Crippen molar-refractivity contribution in [2.45, 2.75) is 6.04 Å². The molecule has 1 unspecified atom stereocenters. The first-order valence-corrected chi connectivity index (χ1v) is 8.50. The number of hydrogen-bond acceptors (Lipinski definition) is 5. The lowest BCUT2D eigenvalue weighted by molar-refractivity contribution is -0.140.